The van der Waals surface area contributed by atoms with Crippen molar-refractivity contribution >= 4 is 34.0 Å². The number of rotatable bonds is 4. The van der Waals surface area contributed by atoms with Gasteiger partial charge in [0, 0.05) is 21.7 Å². The van der Waals surface area contributed by atoms with E-state index in [-0.39, 0.29) is 5.91 Å². The first-order valence-electron chi connectivity index (χ1n) is 6.12. The van der Waals surface area contributed by atoms with Gasteiger partial charge in [-0.15, -0.1) is 11.3 Å². The second kappa shape index (κ2) is 6.17. The molecule has 0 aliphatic rings. The Morgan fingerprint density at radius 3 is 2.95 bits per heavy atom. The molecule has 0 bridgehead atoms. The number of nitrogens with zero attached hydrogens (tertiary/aromatic N) is 1. The van der Waals surface area contributed by atoms with Gasteiger partial charge in [0.05, 0.1) is 0 Å². The predicted molar refractivity (Wildman–Crippen MR) is 80.3 cm³/mol. The molecule has 100 valence electrons. The van der Waals surface area contributed by atoms with Gasteiger partial charge in [0.1, 0.15) is 0 Å². The fourth-order valence-electron chi connectivity index (χ4n) is 1.63. The fourth-order valence-corrected chi connectivity index (χ4v) is 2.72. The van der Waals surface area contributed by atoms with E-state index in [1.54, 1.807) is 12.1 Å². The Bertz CT molecular complexity index is 595. The lowest BCUT2D eigenvalue weighted by molar-refractivity contribution is 0.102. The lowest BCUT2D eigenvalue weighted by Crippen LogP contribution is -2.11. The summed E-state index contributed by atoms with van der Waals surface area (Å²) in [7, 11) is 0. The SMILES string of the molecule is CCCc1cnc(NC(=O)c2ccc(C)c(Cl)c2)s1. The molecule has 0 fully saturated rings. The summed E-state index contributed by atoms with van der Waals surface area (Å²) < 4.78 is 0. The highest BCUT2D eigenvalue weighted by Crippen LogP contribution is 2.21. The average Bonchev–Trinajstić information content (AvgIpc) is 2.80. The summed E-state index contributed by atoms with van der Waals surface area (Å²) in [5.74, 6) is -0.181. The third-order valence-electron chi connectivity index (χ3n) is 2.70. The first-order valence-corrected chi connectivity index (χ1v) is 7.31. The van der Waals surface area contributed by atoms with Crippen LogP contribution in [0.15, 0.2) is 24.4 Å². The molecule has 0 atom stereocenters. The molecule has 5 heteroatoms. The standard InChI is InChI=1S/C14H15ClN2OS/c1-3-4-11-8-16-14(19-11)17-13(18)10-6-5-9(2)12(15)7-10/h5-8H,3-4H2,1-2H3,(H,16,17,18). The third-order valence-corrected chi connectivity index (χ3v) is 4.08. The van der Waals surface area contributed by atoms with E-state index < -0.39 is 0 Å². The predicted octanol–water partition coefficient (Wildman–Crippen LogP) is 4.31. The quantitative estimate of drug-likeness (QED) is 0.913. The zero-order valence-corrected chi connectivity index (χ0v) is 12.4. The summed E-state index contributed by atoms with van der Waals surface area (Å²) in [4.78, 5) is 17.4. The minimum atomic E-state index is -0.181. The lowest BCUT2D eigenvalue weighted by atomic mass is 10.1. The average molecular weight is 295 g/mol. The molecule has 0 aliphatic heterocycles. The van der Waals surface area contributed by atoms with Gasteiger partial charge in [-0.05, 0) is 31.0 Å². The number of halogens is 1. The number of carbonyl (C=O) groups excluding carboxylic acids is 1. The minimum absolute atomic E-state index is 0.181. The zero-order valence-electron chi connectivity index (χ0n) is 10.9. The molecule has 2 aromatic rings. The van der Waals surface area contributed by atoms with Crippen LogP contribution < -0.4 is 5.32 Å². The number of nitrogens with one attached hydrogen (secondary N) is 1. The molecule has 1 N–H and O–H groups in total. The van der Waals surface area contributed by atoms with Crippen molar-refractivity contribution < 1.29 is 4.79 Å². The smallest absolute Gasteiger partial charge is 0.257 e. The number of carbonyl (C=O) groups is 1. The van der Waals surface area contributed by atoms with Crippen LogP contribution in [0.4, 0.5) is 5.13 Å². The minimum Gasteiger partial charge on any atom is -0.298 e. The summed E-state index contributed by atoms with van der Waals surface area (Å²) in [6.45, 7) is 4.02. The maximum Gasteiger partial charge on any atom is 0.257 e. The number of benzene rings is 1. The second-order valence-corrected chi connectivity index (χ2v) is 5.82. The van der Waals surface area contributed by atoms with Crippen LogP contribution in [0.5, 0.6) is 0 Å². The largest absolute Gasteiger partial charge is 0.298 e. The van der Waals surface area contributed by atoms with Crippen molar-refractivity contribution in [2.75, 3.05) is 5.32 Å². The second-order valence-electron chi connectivity index (χ2n) is 4.30. The molecule has 1 aromatic carbocycles. The summed E-state index contributed by atoms with van der Waals surface area (Å²) in [5.41, 5.74) is 1.50. The van der Waals surface area contributed by atoms with Gasteiger partial charge in [-0.1, -0.05) is 31.0 Å². The van der Waals surface area contributed by atoms with Crippen molar-refractivity contribution in [2.45, 2.75) is 26.7 Å². The molecule has 0 unspecified atom stereocenters. The molecule has 0 radical (unpaired) electrons. The maximum atomic E-state index is 12.0. The Balaban J connectivity index is 2.09. The van der Waals surface area contributed by atoms with Crippen molar-refractivity contribution in [2.24, 2.45) is 0 Å². The molecule has 1 amide bonds. The van der Waals surface area contributed by atoms with E-state index >= 15 is 0 Å². The van der Waals surface area contributed by atoms with Gasteiger partial charge < -0.3 is 0 Å². The Hall–Kier alpha value is -1.39. The Morgan fingerprint density at radius 1 is 1.47 bits per heavy atom. The van der Waals surface area contributed by atoms with E-state index in [4.69, 9.17) is 11.6 Å². The molecule has 1 heterocycles. The van der Waals surface area contributed by atoms with E-state index in [1.165, 1.54) is 16.2 Å². The van der Waals surface area contributed by atoms with E-state index in [9.17, 15) is 4.79 Å². The molecule has 0 spiro atoms. The van der Waals surface area contributed by atoms with Crippen LogP contribution >= 0.6 is 22.9 Å². The third kappa shape index (κ3) is 3.55. The summed E-state index contributed by atoms with van der Waals surface area (Å²) in [6.07, 6.45) is 3.87. The normalized spacial score (nSPS) is 10.5. The van der Waals surface area contributed by atoms with Crippen LogP contribution in [0.3, 0.4) is 0 Å². The van der Waals surface area contributed by atoms with Crippen LogP contribution in [0, 0.1) is 6.92 Å². The van der Waals surface area contributed by atoms with Gasteiger partial charge in [0.25, 0.3) is 5.91 Å². The van der Waals surface area contributed by atoms with Crippen LogP contribution in [-0.4, -0.2) is 10.9 Å². The van der Waals surface area contributed by atoms with Crippen LogP contribution in [0.25, 0.3) is 0 Å². The molecule has 3 nitrogen and oxygen atoms in total. The lowest BCUT2D eigenvalue weighted by Gasteiger charge is -2.03. The number of anilines is 1. The zero-order chi connectivity index (χ0) is 13.8. The van der Waals surface area contributed by atoms with Crippen molar-refractivity contribution in [3.8, 4) is 0 Å². The van der Waals surface area contributed by atoms with Crippen molar-refractivity contribution in [3.05, 3.63) is 45.4 Å². The first-order chi connectivity index (χ1) is 9.10. The fraction of sp³-hybridized carbons (Fsp3) is 0.286. The van der Waals surface area contributed by atoms with Crippen LogP contribution in [0.2, 0.25) is 5.02 Å². The Morgan fingerprint density at radius 2 is 2.26 bits per heavy atom. The van der Waals surface area contributed by atoms with Crippen LogP contribution in [-0.2, 0) is 6.42 Å². The van der Waals surface area contributed by atoms with Gasteiger partial charge in [0.15, 0.2) is 5.13 Å². The highest BCUT2D eigenvalue weighted by Gasteiger charge is 2.10. The number of hydrogen-bond donors (Lipinski definition) is 1. The van der Waals surface area contributed by atoms with Gasteiger partial charge >= 0.3 is 0 Å². The highest BCUT2D eigenvalue weighted by atomic mass is 35.5. The van der Waals surface area contributed by atoms with Crippen LogP contribution in [0.1, 0.15) is 34.1 Å². The Kier molecular flexibility index (Phi) is 4.56. The number of aryl methyl sites for hydroxylation is 2. The molecule has 19 heavy (non-hydrogen) atoms. The molecule has 0 saturated carbocycles. The summed E-state index contributed by atoms with van der Waals surface area (Å²) in [6, 6.07) is 5.27. The first kappa shape index (κ1) is 14.0. The molecule has 1 aromatic heterocycles. The monoisotopic (exact) mass is 294 g/mol. The number of thiazole rings is 1. The van der Waals surface area contributed by atoms with E-state index in [2.05, 4.69) is 17.2 Å². The Labute approximate surface area is 121 Å². The van der Waals surface area contributed by atoms with Crippen molar-refractivity contribution in [3.63, 3.8) is 0 Å². The van der Waals surface area contributed by atoms with Gasteiger partial charge in [0.2, 0.25) is 0 Å². The molecular formula is C14H15ClN2OS. The molecule has 2 rings (SSSR count). The topological polar surface area (TPSA) is 42.0 Å². The summed E-state index contributed by atoms with van der Waals surface area (Å²) in [5, 5.41) is 4.02. The van der Waals surface area contributed by atoms with E-state index in [0.717, 1.165) is 18.4 Å². The summed E-state index contributed by atoms with van der Waals surface area (Å²) >= 11 is 7.52. The van der Waals surface area contributed by atoms with Gasteiger partial charge in [-0.2, -0.15) is 0 Å². The number of aromatic nitrogens is 1. The van der Waals surface area contributed by atoms with Crippen molar-refractivity contribution in [1.29, 1.82) is 0 Å². The molecular weight excluding hydrogens is 280 g/mol. The maximum absolute atomic E-state index is 12.0. The van der Waals surface area contributed by atoms with Gasteiger partial charge in [-0.3, -0.25) is 10.1 Å². The molecule has 0 saturated heterocycles. The van der Waals surface area contributed by atoms with Gasteiger partial charge in [-0.25, -0.2) is 4.98 Å². The van der Waals surface area contributed by atoms with E-state index in [0.29, 0.717) is 15.7 Å². The van der Waals surface area contributed by atoms with E-state index in [1.807, 2.05) is 19.2 Å². The van der Waals surface area contributed by atoms with Crippen molar-refractivity contribution in [1.82, 2.24) is 4.98 Å². The number of amides is 1. The highest BCUT2D eigenvalue weighted by molar-refractivity contribution is 7.15. The number of hydrogen-bond acceptors (Lipinski definition) is 3. The molecule has 0 aliphatic carbocycles.